The third kappa shape index (κ3) is 3.44. The van der Waals surface area contributed by atoms with Gasteiger partial charge in [-0.05, 0) is 38.0 Å². The van der Waals surface area contributed by atoms with Gasteiger partial charge in [-0.25, -0.2) is 13.2 Å². The minimum Gasteiger partial charge on any atom is -0.461 e. The van der Waals surface area contributed by atoms with E-state index in [-0.39, 0.29) is 23.5 Å². The van der Waals surface area contributed by atoms with Crippen LogP contribution in [0.3, 0.4) is 0 Å². The van der Waals surface area contributed by atoms with Gasteiger partial charge < -0.3 is 19.3 Å². The molecule has 0 spiro atoms. The summed E-state index contributed by atoms with van der Waals surface area (Å²) in [4.78, 5) is 24.9. The number of carbonyl (C=O) groups excluding carboxylic acids is 1. The standard InChI is InChI=1S/C20H21NO7S/c1-9-11(3)27-17-6-18-13(4-12(9)17)10(2)14(20(24)28-18)5-19(23)21-15-7-29(25,26)8-16(15)22/h4,6,15-16,22H,5,7-8H2,1-3H3,(H,21,23)/t15-,16+/m1/s1. The first kappa shape index (κ1) is 19.7. The normalized spacial score (nSPS) is 21.1. The van der Waals surface area contributed by atoms with E-state index in [9.17, 15) is 23.1 Å². The Labute approximate surface area is 166 Å². The van der Waals surface area contributed by atoms with Crippen molar-refractivity contribution in [2.24, 2.45) is 0 Å². The number of aryl methyl sites for hydroxylation is 3. The Kier molecular flexibility index (Phi) is 4.54. The van der Waals surface area contributed by atoms with E-state index in [4.69, 9.17) is 8.83 Å². The minimum atomic E-state index is -3.39. The summed E-state index contributed by atoms with van der Waals surface area (Å²) in [5.74, 6) is -0.464. The van der Waals surface area contributed by atoms with E-state index < -0.39 is 33.5 Å². The van der Waals surface area contributed by atoms with Crippen molar-refractivity contribution >= 4 is 37.7 Å². The number of rotatable bonds is 3. The largest absolute Gasteiger partial charge is 0.461 e. The van der Waals surface area contributed by atoms with E-state index in [2.05, 4.69) is 5.32 Å². The second-order valence-electron chi connectivity index (χ2n) is 7.62. The lowest BCUT2D eigenvalue weighted by Gasteiger charge is -2.15. The van der Waals surface area contributed by atoms with Crippen molar-refractivity contribution in [2.75, 3.05) is 11.5 Å². The Balaban J connectivity index is 1.68. The SMILES string of the molecule is Cc1oc2cc3oc(=O)c(CC(=O)N[C@@H]4CS(=O)(=O)C[C@@H]4O)c(C)c3cc2c1C. The number of carbonyl (C=O) groups is 1. The predicted molar refractivity (Wildman–Crippen MR) is 107 cm³/mol. The Morgan fingerprint density at radius 1 is 1.10 bits per heavy atom. The molecule has 0 saturated carbocycles. The molecule has 2 atom stereocenters. The van der Waals surface area contributed by atoms with Crippen LogP contribution in [0.2, 0.25) is 0 Å². The lowest BCUT2D eigenvalue weighted by Crippen LogP contribution is -2.43. The van der Waals surface area contributed by atoms with Gasteiger partial charge in [-0.15, -0.1) is 0 Å². The van der Waals surface area contributed by atoms with Gasteiger partial charge in [0.25, 0.3) is 0 Å². The number of hydrogen-bond donors (Lipinski definition) is 2. The molecular formula is C20H21NO7S. The number of benzene rings is 1. The Bertz CT molecular complexity index is 1320. The van der Waals surface area contributed by atoms with Gasteiger partial charge in [0.1, 0.15) is 16.9 Å². The van der Waals surface area contributed by atoms with Crippen molar-refractivity contribution in [3.8, 4) is 0 Å². The van der Waals surface area contributed by atoms with Crippen LogP contribution in [0.15, 0.2) is 25.8 Å². The summed E-state index contributed by atoms with van der Waals surface area (Å²) < 4.78 is 34.3. The van der Waals surface area contributed by atoms with Crippen LogP contribution < -0.4 is 10.9 Å². The molecule has 2 aromatic heterocycles. The number of amides is 1. The highest BCUT2D eigenvalue weighted by molar-refractivity contribution is 7.91. The smallest absolute Gasteiger partial charge is 0.340 e. The lowest BCUT2D eigenvalue weighted by molar-refractivity contribution is -0.121. The average molecular weight is 419 g/mol. The fourth-order valence-corrected chi connectivity index (χ4v) is 5.56. The first-order valence-electron chi connectivity index (χ1n) is 9.19. The van der Waals surface area contributed by atoms with Crippen molar-refractivity contribution in [3.05, 3.63) is 45.0 Å². The molecule has 4 rings (SSSR count). The van der Waals surface area contributed by atoms with Gasteiger partial charge >= 0.3 is 5.63 Å². The van der Waals surface area contributed by atoms with E-state index in [0.717, 1.165) is 16.7 Å². The van der Waals surface area contributed by atoms with Gasteiger partial charge in [0.05, 0.1) is 35.6 Å². The van der Waals surface area contributed by atoms with Crippen molar-refractivity contribution < 1.29 is 27.2 Å². The molecule has 0 bridgehead atoms. The van der Waals surface area contributed by atoms with Crippen LogP contribution in [0, 0.1) is 20.8 Å². The number of aliphatic hydroxyl groups excluding tert-OH is 1. The maximum Gasteiger partial charge on any atom is 0.340 e. The summed E-state index contributed by atoms with van der Waals surface area (Å²) in [5.41, 5.74) is 2.16. The summed E-state index contributed by atoms with van der Waals surface area (Å²) in [7, 11) is -3.39. The van der Waals surface area contributed by atoms with Crippen LogP contribution in [0.4, 0.5) is 0 Å². The molecule has 0 aliphatic carbocycles. The van der Waals surface area contributed by atoms with Gasteiger partial charge in [0, 0.05) is 16.8 Å². The molecule has 0 radical (unpaired) electrons. The zero-order valence-corrected chi connectivity index (χ0v) is 17.1. The molecule has 1 aliphatic rings. The second-order valence-corrected chi connectivity index (χ2v) is 9.77. The Hall–Kier alpha value is -2.65. The highest BCUT2D eigenvalue weighted by atomic mass is 32.2. The fraction of sp³-hybridized carbons (Fsp3) is 0.400. The minimum absolute atomic E-state index is 0.197. The number of sulfone groups is 1. The van der Waals surface area contributed by atoms with E-state index in [0.29, 0.717) is 22.1 Å². The summed E-state index contributed by atoms with van der Waals surface area (Å²) in [5, 5.41) is 14.0. The fourth-order valence-electron chi connectivity index (χ4n) is 3.81. The molecule has 1 aromatic carbocycles. The first-order valence-corrected chi connectivity index (χ1v) is 11.0. The van der Waals surface area contributed by atoms with Crippen LogP contribution >= 0.6 is 0 Å². The topological polar surface area (TPSA) is 127 Å². The molecule has 1 amide bonds. The number of aliphatic hydroxyl groups is 1. The number of hydrogen-bond acceptors (Lipinski definition) is 7. The van der Waals surface area contributed by atoms with Crippen molar-refractivity contribution in [1.82, 2.24) is 5.32 Å². The predicted octanol–water partition coefficient (Wildman–Crippen LogP) is 1.28. The Morgan fingerprint density at radius 2 is 1.76 bits per heavy atom. The molecule has 2 N–H and O–H groups in total. The highest BCUT2D eigenvalue weighted by Crippen LogP contribution is 2.31. The molecule has 1 saturated heterocycles. The molecule has 3 aromatic rings. The van der Waals surface area contributed by atoms with Gasteiger partial charge in [0.2, 0.25) is 5.91 Å². The molecule has 3 heterocycles. The zero-order chi connectivity index (χ0) is 21.1. The summed E-state index contributed by atoms with van der Waals surface area (Å²) in [6, 6.07) is 2.67. The van der Waals surface area contributed by atoms with Crippen LogP contribution in [0.5, 0.6) is 0 Å². The van der Waals surface area contributed by atoms with Crippen molar-refractivity contribution in [3.63, 3.8) is 0 Å². The molecule has 29 heavy (non-hydrogen) atoms. The quantitative estimate of drug-likeness (QED) is 0.612. The lowest BCUT2D eigenvalue weighted by atomic mass is 10.0. The third-order valence-electron chi connectivity index (χ3n) is 5.59. The average Bonchev–Trinajstić information content (AvgIpc) is 3.04. The van der Waals surface area contributed by atoms with Gasteiger partial charge in [-0.2, -0.15) is 0 Å². The second kappa shape index (κ2) is 6.70. The van der Waals surface area contributed by atoms with Gasteiger partial charge in [-0.3, -0.25) is 4.79 Å². The number of furan rings is 1. The maximum atomic E-state index is 12.5. The Morgan fingerprint density at radius 3 is 2.41 bits per heavy atom. The van der Waals surface area contributed by atoms with Crippen LogP contribution in [0.1, 0.15) is 22.5 Å². The van der Waals surface area contributed by atoms with Gasteiger partial charge in [0.15, 0.2) is 9.84 Å². The molecule has 9 heteroatoms. The number of fused-ring (bicyclic) bond motifs is 2. The molecule has 1 aliphatic heterocycles. The monoisotopic (exact) mass is 419 g/mol. The van der Waals surface area contributed by atoms with E-state index in [1.807, 2.05) is 19.9 Å². The maximum absolute atomic E-state index is 12.5. The first-order chi connectivity index (χ1) is 13.6. The summed E-state index contributed by atoms with van der Waals surface area (Å²) in [6.45, 7) is 5.54. The van der Waals surface area contributed by atoms with Crippen LogP contribution in [-0.2, 0) is 21.1 Å². The van der Waals surface area contributed by atoms with Gasteiger partial charge in [-0.1, -0.05) is 0 Å². The zero-order valence-electron chi connectivity index (χ0n) is 16.2. The van der Waals surface area contributed by atoms with E-state index >= 15 is 0 Å². The van der Waals surface area contributed by atoms with E-state index in [1.165, 1.54) is 0 Å². The van der Waals surface area contributed by atoms with Crippen LogP contribution in [-0.4, -0.2) is 43.1 Å². The van der Waals surface area contributed by atoms with Crippen LogP contribution in [0.25, 0.3) is 21.9 Å². The van der Waals surface area contributed by atoms with E-state index in [1.54, 1.807) is 13.0 Å². The third-order valence-corrected chi connectivity index (χ3v) is 7.31. The summed E-state index contributed by atoms with van der Waals surface area (Å²) in [6.07, 6.45) is -1.42. The number of nitrogens with one attached hydrogen (secondary N) is 1. The molecule has 1 fully saturated rings. The van der Waals surface area contributed by atoms with Crippen molar-refractivity contribution in [2.45, 2.75) is 39.3 Å². The molecule has 8 nitrogen and oxygen atoms in total. The van der Waals surface area contributed by atoms with Crippen molar-refractivity contribution in [1.29, 1.82) is 0 Å². The summed E-state index contributed by atoms with van der Waals surface area (Å²) >= 11 is 0. The molecule has 154 valence electrons. The highest BCUT2D eigenvalue weighted by Gasteiger charge is 2.37. The molecular weight excluding hydrogens is 398 g/mol. The molecule has 0 unspecified atom stereocenters.